The number of rotatable bonds is 3. The molecule has 1 N–H and O–H groups in total. The molecule has 3 nitrogen and oxygen atoms in total. The first-order chi connectivity index (χ1) is 8.06. The highest BCUT2D eigenvalue weighted by atomic mass is 19.3. The number of alkyl halides is 2. The minimum atomic E-state index is -2.87. The predicted molar refractivity (Wildman–Crippen MR) is 57.5 cm³/mol. The summed E-state index contributed by atoms with van der Waals surface area (Å²) in [4.78, 5) is 10.7. The Morgan fingerprint density at radius 3 is 2.41 bits per heavy atom. The lowest BCUT2D eigenvalue weighted by Gasteiger charge is -2.06. The molecule has 2 aromatic rings. The van der Waals surface area contributed by atoms with Crippen molar-refractivity contribution in [2.24, 2.45) is 0 Å². The Labute approximate surface area is 95.2 Å². The average molecular weight is 238 g/mol. The lowest BCUT2D eigenvalue weighted by molar-refractivity contribution is -0.0497. The molecule has 0 aliphatic rings. The molecule has 2 aromatic carbocycles. The summed E-state index contributed by atoms with van der Waals surface area (Å²) in [6.45, 7) is -2.87. The summed E-state index contributed by atoms with van der Waals surface area (Å²) in [5.74, 6) is -0.976. The summed E-state index contributed by atoms with van der Waals surface area (Å²) in [7, 11) is 0. The number of aromatic carboxylic acids is 1. The molecule has 0 radical (unpaired) electrons. The molecule has 0 saturated carbocycles. The van der Waals surface area contributed by atoms with Crippen molar-refractivity contribution in [3.05, 3.63) is 42.0 Å². The van der Waals surface area contributed by atoms with Crippen LogP contribution >= 0.6 is 0 Å². The van der Waals surface area contributed by atoms with Crippen LogP contribution < -0.4 is 4.74 Å². The van der Waals surface area contributed by atoms with E-state index >= 15 is 0 Å². The fourth-order valence-electron chi connectivity index (χ4n) is 1.53. The second-order valence-corrected chi connectivity index (χ2v) is 3.41. The molecule has 0 spiro atoms. The van der Waals surface area contributed by atoms with Crippen LogP contribution in [0.5, 0.6) is 5.75 Å². The minimum Gasteiger partial charge on any atom is -0.478 e. The van der Waals surface area contributed by atoms with Gasteiger partial charge in [-0.1, -0.05) is 12.1 Å². The van der Waals surface area contributed by atoms with Crippen LogP contribution in [0.4, 0.5) is 8.78 Å². The molecule has 0 fully saturated rings. The van der Waals surface area contributed by atoms with Gasteiger partial charge in [0.2, 0.25) is 0 Å². The molecule has 0 aliphatic carbocycles. The van der Waals surface area contributed by atoms with Crippen molar-refractivity contribution < 1.29 is 23.4 Å². The maximum atomic E-state index is 12.0. The van der Waals surface area contributed by atoms with Crippen molar-refractivity contribution in [3.63, 3.8) is 0 Å². The van der Waals surface area contributed by atoms with Gasteiger partial charge in [-0.05, 0) is 35.0 Å². The van der Waals surface area contributed by atoms with Gasteiger partial charge >= 0.3 is 12.6 Å². The van der Waals surface area contributed by atoms with Gasteiger partial charge in [-0.15, -0.1) is 0 Å². The third-order valence-electron chi connectivity index (χ3n) is 2.28. The molecular weight excluding hydrogens is 230 g/mol. The Kier molecular flexibility index (Phi) is 2.91. The zero-order chi connectivity index (χ0) is 12.4. The van der Waals surface area contributed by atoms with Crippen molar-refractivity contribution in [2.75, 3.05) is 0 Å². The number of hydrogen-bond acceptors (Lipinski definition) is 2. The monoisotopic (exact) mass is 238 g/mol. The zero-order valence-corrected chi connectivity index (χ0v) is 8.56. The molecule has 0 unspecified atom stereocenters. The van der Waals surface area contributed by atoms with Crippen molar-refractivity contribution in [3.8, 4) is 5.75 Å². The third kappa shape index (κ3) is 2.50. The van der Waals surface area contributed by atoms with Gasteiger partial charge in [0.05, 0.1) is 5.56 Å². The van der Waals surface area contributed by atoms with Crippen molar-refractivity contribution in [1.29, 1.82) is 0 Å². The second kappa shape index (κ2) is 4.37. The van der Waals surface area contributed by atoms with Gasteiger partial charge in [0.15, 0.2) is 0 Å². The Morgan fingerprint density at radius 2 is 1.76 bits per heavy atom. The highest BCUT2D eigenvalue weighted by Gasteiger charge is 2.07. The summed E-state index contributed by atoms with van der Waals surface area (Å²) in [6.07, 6.45) is 0. The second-order valence-electron chi connectivity index (χ2n) is 3.41. The van der Waals surface area contributed by atoms with Gasteiger partial charge in [-0.2, -0.15) is 8.78 Å². The maximum Gasteiger partial charge on any atom is 0.387 e. The van der Waals surface area contributed by atoms with E-state index in [-0.39, 0.29) is 11.3 Å². The van der Waals surface area contributed by atoms with Crippen LogP contribution in [0, 0.1) is 0 Å². The van der Waals surface area contributed by atoms with Gasteiger partial charge in [0.25, 0.3) is 0 Å². The van der Waals surface area contributed by atoms with Gasteiger partial charge < -0.3 is 9.84 Å². The molecule has 0 heterocycles. The van der Waals surface area contributed by atoms with E-state index < -0.39 is 12.6 Å². The number of benzene rings is 2. The van der Waals surface area contributed by atoms with Crippen LogP contribution in [0.3, 0.4) is 0 Å². The minimum absolute atomic E-state index is 0.0515. The largest absolute Gasteiger partial charge is 0.478 e. The first-order valence-corrected chi connectivity index (χ1v) is 4.78. The summed E-state index contributed by atoms with van der Waals surface area (Å²) in [6, 6.07) is 8.80. The molecule has 0 aliphatic heterocycles. The van der Waals surface area contributed by atoms with Crippen LogP contribution in [0.2, 0.25) is 0 Å². The molecule has 0 bridgehead atoms. The molecule has 0 amide bonds. The number of carboxylic acid groups (broad SMARTS) is 1. The standard InChI is InChI=1S/C12H8F2O3/c13-12(14)17-10-4-3-7-5-9(11(15)16)2-1-8(7)6-10/h1-6,12H,(H,15,16). The highest BCUT2D eigenvalue weighted by Crippen LogP contribution is 2.23. The lowest BCUT2D eigenvalue weighted by atomic mass is 10.1. The fourth-order valence-corrected chi connectivity index (χ4v) is 1.53. The molecule has 0 saturated heterocycles. The van der Waals surface area contributed by atoms with Crippen molar-refractivity contribution in [1.82, 2.24) is 0 Å². The first-order valence-electron chi connectivity index (χ1n) is 4.78. The van der Waals surface area contributed by atoms with Gasteiger partial charge in [-0.3, -0.25) is 0 Å². The topological polar surface area (TPSA) is 46.5 Å². The van der Waals surface area contributed by atoms with Crippen LogP contribution in [-0.4, -0.2) is 17.7 Å². The predicted octanol–water partition coefficient (Wildman–Crippen LogP) is 3.14. The molecule has 5 heteroatoms. The van der Waals surface area contributed by atoms with Gasteiger partial charge in [0.1, 0.15) is 5.75 Å². The molecular formula is C12H8F2O3. The van der Waals surface area contributed by atoms with E-state index in [1.807, 2.05) is 0 Å². The summed E-state index contributed by atoms with van der Waals surface area (Å²) in [5, 5.41) is 10.1. The summed E-state index contributed by atoms with van der Waals surface area (Å²) >= 11 is 0. The van der Waals surface area contributed by atoms with E-state index in [1.54, 1.807) is 12.1 Å². The SMILES string of the molecule is O=C(O)c1ccc2cc(OC(F)F)ccc2c1. The van der Waals surface area contributed by atoms with Gasteiger partial charge in [-0.25, -0.2) is 4.79 Å². The number of carboxylic acids is 1. The van der Waals surface area contributed by atoms with E-state index in [0.717, 1.165) is 0 Å². The number of carbonyl (C=O) groups is 1. The van der Waals surface area contributed by atoms with E-state index in [4.69, 9.17) is 5.11 Å². The molecule has 17 heavy (non-hydrogen) atoms. The van der Waals surface area contributed by atoms with Gasteiger partial charge in [0, 0.05) is 0 Å². The molecule has 88 valence electrons. The number of halogens is 2. The molecule has 0 aromatic heterocycles. The smallest absolute Gasteiger partial charge is 0.387 e. The van der Waals surface area contributed by atoms with E-state index in [2.05, 4.69) is 4.74 Å². The van der Waals surface area contributed by atoms with Crippen LogP contribution in [0.15, 0.2) is 36.4 Å². The molecule has 0 atom stereocenters. The lowest BCUT2D eigenvalue weighted by Crippen LogP contribution is -2.01. The number of hydrogen-bond donors (Lipinski definition) is 1. The maximum absolute atomic E-state index is 12.0. The van der Waals surface area contributed by atoms with Crippen LogP contribution in [0.1, 0.15) is 10.4 Å². The number of ether oxygens (including phenoxy) is 1. The Hall–Kier alpha value is -2.17. The Bertz CT molecular complexity index is 567. The normalized spacial score (nSPS) is 10.8. The third-order valence-corrected chi connectivity index (χ3v) is 2.28. The highest BCUT2D eigenvalue weighted by molar-refractivity contribution is 5.94. The van der Waals surface area contributed by atoms with Crippen molar-refractivity contribution in [2.45, 2.75) is 6.61 Å². The van der Waals surface area contributed by atoms with Crippen LogP contribution in [0.25, 0.3) is 10.8 Å². The first kappa shape index (κ1) is 11.3. The zero-order valence-electron chi connectivity index (χ0n) is 8.56. The van der Waals surface area contributed by atoms with E-state index in [9.17, 15) is 13.6 Å². The average Bonchev–Trinajstić information content (AvgIpc) is 2.27. The summed E-state index contributed by atoms with van der Waals surface area (Å²) < 4.78 is 28.2. The quantitative estimate of drug-likeness (QED) is 0.893. The van der Waals surface area contributed by atoms with E-state index in [1.165, 1.54) is 24.3 Å². The number of fused-ring (bicyclic) bond motifs is 1. The van der Waals surface area contributed by atoms with Crippen molar-refractivity contribution >= 4 is 16.7 Å². The Balaban J connectivity index is 2.43. The Morgan fingerprint density at radius 1 is 1.12 bits per heavy atom. The summed E-state index contributed by atoms with van der Waals surface area (Å²) in [5.41, 5.74) is 0.153. The molecule has 2 rings (SSSR count). The fraction of sp³-hybridized carbons (Fsp3) is 0.0833. The van der Waals surface area contributed by atoms with E-state index in [0.29, 0.717) is 10.8 Å². The van der Waals surface area contributed by atoms with Crippen LogP contribution in [-0.2, 0) is 0 Å².